The number of alkyl halides is 3. The van der Waals surface area contributed by atoms with Gasteiger partial charge in [0.15, 0.2) is 0 Å². The molecule has 0 aliphatic carbocycles. The molecule has 10 heteroatoms. The highest BCUT2D eigenvalue weighted by molar-refractivity contribution is 5.79. The van der Waals surface area contributed by atoms with Gasteiger partial charge in [0.1, 0.15) is 0 Å². The summed E-state index contributed by atoms with van der Waals surface area (Å²) in [5.74, 6) is -1.60. The minimum atomic E-state index is -4.65. The first-order valence-corrected chi connectivity index (χ1v) is 9.49. The van der Waals surface area contributed by atoms with Gasteiger partial charge < -0.3 is 10.2 Å². The van der Waals surface area contributed by atoms with E-state index in [1.165, 1.54) is 0 Å². The van der Waals surface area contributed by atoms with Crippen molar-refractivity contribution in [3.05, 3.63) is 53.1 Å². The summed E-state index contributed by atoms with van der Waals surface area (Å²) in [7, 11) is 1.98. The van der Waals surface area contributed by atoms with Crippen LogP contribution in [0.3, 0.4) is 0 Å². The van der Waals surface area contributed by atoms with Gasteiger partial charge in [-0.15, -0.1) is 5.10 Å². The Kier molecular flexibility index (Phi) is 6.23. The maximum Gasteiger partial charge on any atom is 0.453 e. The molecule has 0 bridgehead atoms. The summed E-state index contributed by atoms with van der Waals surface area (Å²) >= 11 is 0. The van der Waals surface area contributed by atoms with Gasteiger partial charge in [-0.2, -0.15) is 18.2 Å². The van der Waals surface area contributed by atoms with Crippen LogP contribution in [0.15, 0.2) is 30.3 Å². The molecule has 0 aliphatic rings. The lowest BCUT2D eigenvalue weighted by Gasteiger charge is -2.19. The monoisotopic (exact) mass is 420 g/mol. The lowest BCUT2D eigenvalue weighted by atomic mass is 10.1. The Bertz CT molecular complexity index is 1030. The van der Waals surface area contributed by atoms with Crippen LogP contribution in [0, 0.1) is 13.8 Å². The molecule has 0 unspecified atom stereocenters. The summed E-state index contributed by atoms with van der Waals surface area (Å²) in [6.07, 6.45) is -3.89. The molecule has 7 nitrogen and oxygen atoms in total. The van der Waals surface area contributed by atoms with Crippen molar-refractivity contribution < 1.29 is 18.0 Å². The zero-order valence-electron chi connectivity index (χ0n) is 17.0. The summed E-state index contributed by atoms with van der Waals surface area (Å²) in [6.45, 7) is 4.51. The Labute approximate surface area is 171 Å². The predicted octanol–water partition coefficient (Wildman–Crippen LogP) is 2.95. The van der Waals surface area contributed by atoms with Crippen LogP contribution in [-0.2, 0) is 17.4 Å². The molecule has 3 rings (SSSR count). The van der Waals surface area contributed by atoms with Crippen molar-refractivity contribution in [3.8, 4) is 0 Å². The van der Waals surface area contributed by atoms with E-state index in [9.17, 15) is 18.0 Å². The van der Waals surface area contributed by atoms with Gasteiger partial charge in [0, 0.05) is 42.8 Å². The normalized spacial score (nSPS) is 11.7. The SMILES string of the molecule is Cc1nc2nc(C(F)(F)F)nn2c(C)c1CC(=O)NCCCN(C)c1ccccc1. The number of nitrogens with one attached hydrogen (secondary N) is 1. The van der Waals surface area contributed by atoms with Gasteiger partial charge in [-0.1, -0.05) is 18.2 Å². The smallest absolute Gasteiger partial charge is 0.375 e. The van der Waals surface area contributed by atoms with Gasteiger partial charge in [-0.25, -0.2) is 9.50 Å². The molecule has 160 valence electrons. The summed E-state index contributed by atoms with van der Waals surface area (Å²) in [4.78, 5) is 22.0. The second-order valence-electron chi connectivity index (χ2n) is 7.04. The first-order chi connectivity index (χ1) is 14.2. The molecule has 0 radical (unpaired) electrons. The van der Waals surface area contributed by atoms with Gasteiger partial charge in [-0.3, -0.25) is 4.79 Å². The number of hydrogen-bond donors (Lipinski definition) is 1. The van der Waals surface area contributed by atoms with E-state index in [0.29, 0.717) is 23.5 Å². The Balaban J connectivity index is 1.59. The average Bonchev–Trinajstić information content (AvgIpc) is 3.13. The molecular formula is C20H23F3N6O. The summed E-state index contributed by atoms with van der Waals surface area (Å²) in [5.41, 5.74) is 2.51. The van der Waals surface area contributed by atoms with Crippen molar-refractivity contribution in [2.75, 3.05) is 25.0 Å². The zero-order chi connectivity index (χ0) is 21.9. The molecule has 2 heterocycles. The van der Waals surface area contributed by atoms with Crippen molar-refractivity contribution in [2.24, 2.45) is 0 Å². The number of carbonyl (C=O) groups is 1. The molecular weight excluding hydrogens is 397 g/mol. The minimum Gasteiger partial charge on any atom is -0.375 e. The third-order valence-corrected chi connectivity index (χ3v) is 4.83. The van der Waals surface area contributed by atoms with Gasteiger partial charge in [0.05, 0.1) is 6.42 Å². The number of benzene rings is 1. The lowest BCUT2D eigenvalue weighted by Crippen LogP contribution is -2.30. The topological polar surface area (TPSA) is 75.4 Å². The van der Waals surface area contributed by atoms with E-state index in [0.717, 1.165) is 23.2 Å². The number of para-hydroxylation sites is 1. The van der Waals surface area contributed by atoms with Crippen molar-refractivity contribution in [1.82, 2.24) is 24.9 Å². The van der Waals surface area contributed by atoms with E-state index in [-0.39, 0.29) is 18.1 Å². The summed E-state index contributed by atoms with van der Waals surface area (Å²) in [5, 5.41) is 6.35. The second kappa shape index (κ2) is 8.68. The van der Waals surface area contributed by atoms with Crippen LogP contribution in [0.4, 0.5) is 18.9 Å². The van der Waals surface area contributed by atoms with Crippen LogP contribution < -0.4 is 10.2 Å². The molecule has 0 spiro atoms. The predicted molar refractivity (Wildman–Crippen MR) is 106 cm³/mol. The van der Waals surface area contributed by atoms with Crippen LogP contribution in [0.1, 0.15) is 29.2 Å². The van der Waals surface area contributed by atoms with E-state index < -0.39 is 12.0 Å². The van der Waals surface area contributed by atoms with Gasteiger partial charge in [-0.05, 0) is 32.4 Å². The standard InChI is InChI=1S/C20H23F3N6O/c1-13-16(14(2)29-19(25-13)26-18(27-29)20(21,22)23)12-17(30)24-10-7-11-28(3)15-8-5-4-6-9-15/h4-6,8-9H,7,10-12H2,1-3H3,(H,24,30). The van der Waals surface area contributed by atoms with Crippen molar-refractivity contribution in [2.45, 2.75) is 32.9 Å². The molecule has 0 fully saturated rings. The largest absolute Gasteiger partial charge is 0.453 e. The third kappa shape index (κ3) is 4.87. The Morgan fingerprint density at radius 3 is 2.53 bits per heavy atom. The minimum absolute atomic E-state index is 0.0103. The number of anilines is 1. The molecule has 0 saturated carbocycles. The second-order valence-corrected chi connectivity index (χ2v) is 7.04. The highest BCUT2D eigenvalue weighted by Crippen LogP contribution is 2.27. The number of rotatable bonds is 7. The van der Waals surface area contributed by atoms with E-state index in [4.69, 9.17) is 0 Å². The fraction of sp³-hybridized carbons (Fsp3) is 0.400. The van der Waals surface area contributed by atoms with E-state index in [1.807, 2.05) is 37.4 Å². The average molecular weight is 420 g/mol. The lowest BCUT2D eigenvalue weighted by molar-refractivity contribution is -0.144. The highest BCUT2D eigenvalue weighted by atomic mass is 19.4. The first kappa shape index (κ1) is 21.5. The van der Waals surface area contributed by atoms with Crippen LogP contribution >= 0.6 is 0 Å². The fourth-order valence-corrected chi connectivity index (χ4v) is 3.16. The Morgan fingerprint density at radius 1 is 1.17 bits per heavy atom. The highest BCUT2D eigenvalue weighted by Gasteiger charge is 2.37. The van der Waals surface area contributed by atoms with Gasteiger partial charge in [0.25, 0.3) is 11.6 Å². The Morgan fingerprint density at radius 2 is 1.87 bits per heavy atom. The van der Waals surface area contributed by atoms with Crippen molar-refractivity contribution in [3.63, 3.8) is 0 Å². The van der Waals surface area contributed by atoms with Crippen molar-refractivity contribution in [1.29, 1.82) is 0 Å². The number of aryl methyl sites for hydroxylation is 2. The van der Waals surface area contributed by atoms with E-state index in [1.54, 1.807) is 13.8 Å². The quantitative estimate of drug-likeness (QED) is 0.595. The van der Waals surface area contributed by atoms with Crippen LogP contribution in [0.2, 0.25) is 0 Å². The van der Waals surface area contributed by atoms with E-state index >= 15 is 0 Å². The van der Waals surface area contributed by atoms with Crippen molar-refractivity contribution >= 4 is 17.4 Å². The molecule has 1 amide bonds. The van der Waals surface area contributed by atoms with Crippen LogP contribution in [0.5, 0.6) is 0 Å². The number of halogens is 3. The molecule has 1 aromatic carbocycles. The fourth-order valence-electron chi connectivity index (χ4n) is 3.16. The molecule has 2 aromatic heterocycles. The first-order valence-electron chi connectivity index (χ1n) is 9.49. The molecule has 0 atom stereocenters. The molecule has 30 heavy (non-hydrogen) atoms. The molecule has 0 aliphatic heterocycles. The molecule has 3 aromatic rings. The number of amides is 1. The number of aromatic nitrogens is 4. The molecule has 0 saturated heterocycles. The molecule has 1 N–H and O–H groups in total. The van der Waals surface area contributed by atoms with Crippen LogP contribution in [-0.4, -0.2) is 45.6 Å². The summed E-state index contributed by atoms with van der Waals surface area (Å²) < 4.78 is 39.7. The maximum atomic E-state index is 12.9. The van der Waals surface area contributed by atoms with Gasteiger partial charge >= 0.3 is 6.18 Å². The Hall–Kier alpha value is -3.17. The van der Waals surface area contributed by atoms with Crippen LogP contribution in [0.25, 0.3) is 5.78 Å². The third-order valence-electron chi connectivity index (χ3n) is 4.83. The summed E-state index contributed by atoms with van der Waals surface area (Å²) in [6, 6.07) is 9.92. The zero-order valence-corrected chi connectivity index (χ0v) is 17.0. The van der Waals surface area contributed by atoms with E-state index in [2.05, 4.69) is 25.3 Å². The number of carbonyl (C=O) groups excluding carboxylic acids is 1. The number of fused-ring (bicyclic) bond motifs is 1. The van der Waals surface area contributed by atoms with Gasteiger partial charge in [0.2, 0.25) is 5.91 Å². The number of hydrogen-bond acceptors (Lipinski definition) is 5. The number of nitrogens with zero attached hydrogens (tertiary/aromatic N) is 5. The maximum absolute atomic E-state index is 12.9.